The first-order valence-corrected chi connectivity index (χ1v) is 8.66. The standard InChI is InChI=1S/C16H20N2O6S/c19-7-11-13(20)14(21)15(22)16(24-11)25-12(18-23)5-8-6-17-10-4-2-1-3-9(8)10/h1-4,6,11,13-17,19-23H,5,7H2/b18-12+/t11-,13-,14+,15-,16+/m1/s1. The summed E-state index contributed by atoms with van der Waals surface area (Å²) in [4.78, 5) is 3.13. The van der Waals surface area contributed by atoms with Crippen molar-refractivity contribution < 1.29 is 30.4 Å². The molecule has 1 fully saturated rings. The number of aliphatic hydroxyl groups excluding tert-OH is 4. The monoisotopic (exact) mass is 368 g/mol. The predicted molar refractivity (Wildman–Crippen MR) is 92.6 cm³/mol. The quantitative estimate of drug-likeness (QED) is 0.194. The molecule has 25 heavy (non-hydrogen) atoms. The van der Waals surface area contributed by atoms with Crippen LogP contribution < -0.4 is 0 Å². The maximum Gasteiger partial charge on any atom is 0.138 e. The molecule has 0 radical (unpaired) electrons. The van der Waals surface area contributed by atoms with Crippen LogP contribution in [0.1, 0.15) is 5.56 Å². The van der Waals surface area contributed by atoms with Crippen LogP contribution in [0.3, 0.4) is 0 Å². The summed E-state index contributed by atoms with van der Waals surface area (Å²) in [5, 5.41) is 52.8. The van der Waals surface area contributed by atoms with Gasteiger partial charge in [0.15, 0.2) is 0 Å². The van der Waals surface area contributed by atoms with Crippen molar-refractivity contribution >= 4 is 27.7 Å². The lowest BCUT2D eigenvalue weighted by atomic mass is 10.0. The van der Waals surface area contributed by atoms with E-state index < -0.39 is 36.5 Å². The summed E-state index contributed by atoms with van der Waals surface area (Å²) >= 11 is 0.937. The Morgan fingerprint density at radius 2 is 1.92 bits per heavy atom. The predicted octanol–water partition coefficient (Wildman–Crippen LogP) is 0.0312. The number of rotatable bonds is 4. The molecule has 1 aliphatic heterocycles. The van der Waals surface area contributed by atoms with Gasteiger partial charge < -0.3 is 35.4 Å². The third-order valence-corrected chi connectivity index (χ3v) is 5.35. The Labute approximate surface area is 147 Å². The number of oxime groups is 1. The molecule has 1 aromatic heterocycles. The molecular formula is C16H20N2O6S. The number of para-hydroxylation sites is 1. The van der Waals surface area contributed by atoms with E-state index in [1.54, 1.807) is 0 Å². The molecule has 6 N–H and O–H groups in total. The summed E-state index contributed by atoms with van der Waals surface area (Å²) in [5.74, 6) is 0. The highest BCUT2D eigenvalue weighted by atomic mass is 32.2. The van der Waals surface area contributed by atoms with Gasteiger partial charge in [-0.25, -0.2) is 0 Å². The average molecular weight is 368 g/mol. The first-order valence-electron chi connectivity index (χ1n) is 7.78. The molecule has 2 heterocycles. The smallest absolute Gasteiger partial charge is 0.138 e. The number of hydrogen-bond donors (Lipinski definition) is 6. The Morgan fingerprint density at radius 1 is 1.16 bits per heavy atom. The topological polar surface area (TPSA) is 139 Å². The van der Waals surface area contributed by atoms with Gasteiger partial charge in [-0.2, -0.15) is 0 Å². The highest BCUT2D eigenvalue weighted by Crippen LogP contribution is 2.31. The van der Waals surface area contributed by atoms with Crippen molar-refractivity contribution in [1.29, 1.82) is 0 Å². The van der Waals surface area contributed by atoms with Crippen LogP contribution in [0.25, 0.3) is 10.9 Å². The highest BCUT2D eigenvalue weighted by molar-refractivity contribution is 8.14. The first-order chi connectivity index (χ1) is 12.0. The van der Waals surface area contributed by atoms with Crippen LogP contribution in [0, 0.1) is 0 Å². The zero-order chi connectivity index (χ0) is 18.0. The molecule has 0 aliphatic carbocycles. The summed E-state index contributed by atoms with van der Waals surface area (Å²) < 4.78 is 5.42. The van der Waals surface area contributed by atoms with Crippen molar-refractivity contribution in [2.45, 2.75) is 36.3 Å². The fraction of sp³-hybridized carbons (Fsp3) is 0.438. The first kappa shape index (κ1) is 18.2. The molecule has 1 saturated heterocycles. The largest absolute Gasteiger partial charge is 0.410 e. The minimum atomic E-state index is -1.46. The molecule has 9 heteroatoms. The van der Waals surface area contributed by atoms with Crippen LogP contribution in [0.5, 0.6) is 0 Å². The van der Waals surface area contributed by atoms with Crippen molar-refractivity contribution in [2.75, 3.05) is 6.61 Å². The third kappa shape index (κ3) is 3.66. The van der Waals surface area contributed by atoms with Gasteiger partial charge in [0, 0.05) is 23.5 Å². The number of thioether (sulfide) groups is 1. The minimum Gasteiger partial charge on any atom is -0.410 e. The van der Waals surface area contributed by atoms with E-state index in [9.17, 15) is 25.6 Å². The van der Waals surface area contributed by atoms with Gasteiger partial charge in [0.25, 0.3) is 0 Å². The number of fused-ring (bicyclic) bond motifs is 1. The maximum absolute atomic E-state index is 10.1. The van der Waals surface area contributed by atoms with E-state index in [-0.39, 0.29) is 5.04 Å². The van der Waals surface area contributed by atoms with Crippen molar-refractivity contribution in [3.05, 3.63) is 36.0 Å². The van der Waals surface area contributed by atoms with Crippen LogP contribution in [-0.2, 0) is 11.2 Å². The van der Waals surface area contributed by atoms with Crippen LogP contribution in [0.4, 0.5) is 0 Å². The lowest BCUT2D eigenvalue weighted by Crippen LogP contribution is -2.57. The lowest BCUT2D eigenvalue weighted by molar-refractivity contribution is -0.205. The SMILES string of the molecule is OC[C@H]1O[C@@H](S/C(Cc2c[nH]c3ccccc23)=N/O)[C@H](O)[C@@H](O)[C@@H]1O. The molecule has 0 bridgehead atoms. The van der Waals surface area contributed by atoms with Crippen molar-refractivity contribution in [1.82, 2.24) is 4.98 Å². The molecule has 5 atom stereocenters. The van der Waals surface area contributed by atoms with Gasteiger partial charge in [0.05, 0.1) is 6.61 Å². The number of benzene rings is 1. The number of aliphatic hydroxyl groups is 4. The zero-order valence-electron chi connectivity index (χ0n) is 13.2. The van der Waals surface area contributed by atoms with E-state index in [2.05, 4.69) is 10.1 Å². The van der Waals surface area contributed by atoms with Crippen molar-refractivity contribution in [3.63, 3.8) is 0 Å². The van der Waals surface area contributed by atoms with Crippen molar-refractivity contribution in [2.24, 2.45) is 5.16 Å². The van der Waals surface area contributed by atoms with Gasteiger partial charge in [-0.05, 0) is 11.6 Å². The Bertz CT molecular complexity index is 749. The van der Waals surface area contributed by atoms with E-state index in [4.69, 9.17) is 4.74 Å². The number of hydrogen-bond acceptors (Lipinski definition) is 8. The molecule has 8 nitrogen and oxygen atoms in total. The molecule has 136 valence electrons. The number of aromatic amines is 1. The highest BCUT2D eigenvalue weighted by Gasteiger charge is 2.44. The van der Waals surface area contributed by atoms with E-state index in [1.165, 1.54) is 0 Å². The number of nitrogens with one attached hydrogen (secondary N) is 1. The van der Waals surface area contributed by atoms with Gasteiger partial charge in [0.1, 0.15) is 34.9 Å². The molecule has 3 rings (SSSR count). The van der Waals surface area contributed by atoms with Crippen LogP contribution >= 0.6 is 11.8 Å². The second kappa shape index (κ2) is 7.73. The van der Waals surface area contributed by atoms with Crippen LogP contribution in [-0.4, -0.2) is 72.1 Å². The second-order valence-corrected chi connectivity index (χ2v) is 7.02. The number of nitrogens with zero attached hydrogens (tertiary/aromatic N) is 1. The molecule has 2 aromatic rings. The van der Waals surface area contributed by atoms with Crippen LogP contribution in [0.2, 0.25) is 0 Å². The lowest BCUT2D eigenvalue weighted by Gasteiger charge is -2.39. The second-order valence-electron chi connectivity index (χ2n) is 5.85. The summed E-state index contributed by atoms with van der Waals surface area (Å²) in [6, 6.07) is 7.68. The Hall–Kier alpha value is -1.62. The summed E-state index contributed by atoms with van der Waals surface area (Å²) in [6.07, 6.45) is -3.16. The average Bonchev–Trinajstić information content (AvgIpc) is 3.04. The fourth-order valence-electron chi connectivity index (χ4n) is 2.84. The van der Waals surface area contributed by atoms with E-state index in [0.717, 1.165) is 28.2 Å². The Balaban J connectivity index is 1.74. The molecule has 0 saturated carbocycles. The zero-order valence-corrected chi connectivity index (χ0v) is 14.0. The van der Waals surface area contributed by atoms with Gasteiger partial charge in [-0.1, -0.05) is 35.1 Å². The van der Waals surface area contributed by atoms with E-state index >= 15 is 0 Å². The molecule has 0 unspecified atom stereocenters. The van der Waals surface area contributed by atoms with Gasteiger partial charge >= 0.3 is 0 Å². The summed E-state index contributed by atoms with van der Waals surface area (Å²) in [7, 11) is 0. The molecular weight excluding hydrogens is 348 g/mol. The van der Waals surface area contributed by atoms with Crippen molar-refractivity contribution in [3.8, 4) is 0 Å². The van der Waals surface area contributed by atoms with Gasteiger partial charge in [0.2, 0.25) is 0 Å². The maximum atomic E-state index is 10.1. The molecule has 0 spiro atoms. The minimum absolute atomic E-state index is 0.272. The molecule has 1 aliphatic rings. The van der Waals surface area contributed by atoms with Gasteiger partial charge in [-0.15, -0.1) is 0 Å². The number of H-pyrrole nitrogens is 1. The third-order valence-electron chi connectivity index (χ3n) is 4.23. The number of ether oxygens (including phenoxy) is 1. The Kier molecular flexibility index (Phi) is 5.62. The molecule has 0 amide bonds. The van der Waals surface area contributed by atoms with Gasteiger partial charge in [-0.3, -0.25) is 0 Å². The summed E-state index contributed by atoms with van der Waals surface area (Å²) in [6.45, 7) is -0.504. The fourth-order valence-corrected chi connectivity index (χ4v) is 3.89. The van der Waals surface area contributed by atoms with E-state index in [0.29, 0.717) is 6.42 Å². The van der Waals surface area contributed by atoms with Crippen LogP contribution in [0.15, 0.2) is 35.6 Å². The normalized spacial score (nSPS) is 30.7. The molecule has 1 aromatic carbocycles. The number of aromatic nitrogens is 1. The summed E-state index contributed by atoms with van der Waals surface area (Å²) in [5.41, 5.74) is 0.875. The van der Waals surface area contributed by atoms with E-state index in [1.807, 2.05) is 30.5 Å². The Morgan fingerprint density at radius 3 is 2.64 bits per heavy atom.